The second kappa shape index (κ2) is 7.84. The van der Waals surface area contributed by atoms with E-state index in [1.54, 1.807) is 13.4 Å². The number of nitrogens with zero attached hydrogens (tertiary/aromatic N) is 5. The van der Waals surface area contributed by atoms with Gasteiger partial charge in [-0.3, -0.25) is 0 Å². The normalized spacial score (nSPS) is 13.2. The minimum Gasteiger partial charge on any atom is -0.496 e. The Morgan fingerprint density at radius 3 is 2.75 bits per heavy atom. The molecule has 0 fully saturated rings. The van der Waals surface area contributed by atoms with Gasteiger partial charge in [0.1, 0.15) is 23.7 Å². The predicted molar refractivity (Wildman–Crippen MR) is 111 cm³/mol. The van der Waals surface area contributed by atoms with Gasteiger partial charge < -0.3 is 14.5 Å². The monoisotopic (exact) mass is 375 g/mol. The molecule has 1 aliphatic rings. The third kappa shape index (κ3) is 3.63. The van der Waals surface area contributed by atoms with Crippen LogP contribution in [-0.2, 0) is 19.5 Å². The third-order valence-corrected chi connectivity index (χ3v) is 5.16. The van der Waals surface area contributed by atoms with Gasteiger partial charge in [0.2, 0.25) is 0 Å². The van der Waals surface area contributed by atoms with Crippen LogP contribution in [0.4, 0.5) is 11.6 Å². The maximum atomic E-state index is 5.50. The van der Waals surface area contributed by atoms with Crippen LogP contribution in [0.3, 0.4) is 0 Å². The summed E-state index contributed by atoms with van der Waals surface area (Å²) in [5, 5.41) is 0. The number of aryl methyl sites for hydroxylation is 1. The van der Waals surface area contributed by atoms with E-state index in [9.17, 15) is 0 Å². The van der Waals surface area contributed by atoms with Crippen molar-refractivity contribution in [3.05, 3.63) is 71.3 Å². The fourth-order valence-electron chi connectivity index (χ4n) is 3.66. The second-order valence-electron chi connectivity index (χ2n) is 7.16. The van der Waals surface area contributed by atoms with Crippen LogP contribution in [0, 0.1) is 6.92 Å². The molecule has 0 radical (unpaired) electrons. The highest BCUT2D eigenvalue weighted by atomic mass is 16.5. The number of hydrogen-bond acceptors (Lipinski definition) is 6. The number of ether oxygens (including phenoxy) is 1. The van der Waals surface area contributed by atoms with Crippen LogP contribution in [0.2, 0.25) is 0 Å². The summed E-state index contributed by atoms with van der Waals surface area (Å²) in [7, 11) is 3.77. The molecule has 6 heteroatoms. The SMILES string of the molecule is COc1ccccc1CN(C)c1ncnc2c1CN(c1ccc(C)cn1)CC2. The van der Waals surface area contributed by atoms with E-state index >= 15 is 0 Å². The molecule has 144 valence electrons. The van der Waals surface area contributed by atoms with Gasteiger partial charge in [0.25, 0.3) is 0 Å². The number of fused-ring (bicyclic) bond motifs is 1. The third-order valence-electron chi connectivity index (χ3n) is 5.16. The Kier molecular flexibility index (Phi) is 5.10. The van der Waals surface area contributed by atoms with E-state index in [4.69, 9.17) is 4.74 Å². The Labute approximate surface area is 165 Å². The van der Waals surface area contributed by atoms with E-state index in [0.717, 1.165) is 54.7 Å². The summed E-state index contributed by atoms with van der Waals surface area (Å²) >= 11 is 0. The van der Waals surface area contributed by atoms with E-state index in [2.05, 4.69) is 56.9 Å². The Bertz CT molecular complexity index is 957. The van der Waals surface area contributed by atoms with Crippen molar-refractivity contribution in [3.8, 4) is 5.75 Å². The smallest absolute Gasteiger partial charge is 0.137 e. The van der Waals surface area contributed by atoms with Crippen LogP contribution in [0.1, 0.15) is 22.4 Å². The minimum absolute atomic E-state index is 0.719. The summed E-state index contributed by atoms with van der Waals surface area (Å²) < 4.78 is 5.50. The minimum atomic E-state index is 0.719. The zero-order valence-electron chi connectivity index (χ0n) is 16.6. The van der Waals surface area contributed by atoms with Gasteiger partial charge >= 0.3 is 0 Å². The van der Waals surface area contributed by atoms with Gasteiger partial charge in [-0.15, -0.1) is 0 Å². The average molecular weight is 375 g/mol. The van der Waals surface area contributed by atoms with E-state index in [0.29, 0.717) is 0 Å². The lowest BCUT2D eigenvalue weighted by atomic mass is 10.1. The van der Waals surface area contributed by atoms with Crippen LogP contribution in [0.25, 0.3) is 0 Å². The first-order valence-electron chi connectivity index (χ1n) is 9.49. The number of methoxy groups -OCH3 is 1. The Morgan fingerprint density at radius 2 is 1.96 bits per heavy atom. The average Bonchev–Trinajstić information content (AvgIpc) is 2.74. The maximum absolute atomic E-state index is 5.50. The first-order valence-corrected chi connectivity index (χ1v) is 9.49. The van der Waals surface area contributed by atoms with Crippen LogP contribution in [0.15, 0.2) is 48.9 Å². The molecule has 1 aromatic carbocycles. The van der Waals surface area contributed by atoms with Crippen molar-refractivity contribution in [2.45, 2.75) is 26.4 Å². The molecular formula is C22H25N5O. The van der Waals surface area contributed by atoms with Crippen molar-refractivity contribution in [3.63, 3.8) is 0 Å². The number of hydrogen-bond donors (Lipinski definition) is 0. The highest BCUT2D eigenvalue weighted by Crippen LogP contribution is 2.29. The first kappa shape index (κ1) is 18.2. The molecule has 0 unspecified atom stereocenters. The van der Waals surface area contributed by atoms with Crippen LogP contribution < -0.4 is 14.5 Å². The first-order chi connectivity index (χ1) is 13.7. The fourth-order valence-corrected chi connectivity index (χ4v) is 3.66. The lowest BCUT2D eigenvalue weighted by Gasteiger charge is -2.32. The fraction of sp³-hybridized carbons (Fsp3) is 0.318. The molecule has 0 amide bonds. The van der Waals surface area contributed by atoms with E-state index in [-0.39, 0.29) is 0 Å². The molecule has 2 aromatic heterocycles. The maximum Gasteiger partial charge on any atom is 0.137 e. The summed E-state index contributed by atoms with van der Waals surface area (Å²) in [6.45, 7) is 4.45. The zero-order valence-corrected chi connectivity index (χ0v) is 16.6. The van der Waals surface area contributed by atoms with Gasteiger partial charge in [-0.1, -0.05) is 24.3 Å². The van der Waals surface area contributed by atoms with Gasteiger partial charge in [-0.25, -0.2) is 15.0 Å². The topological polar surface area (TPSA) is 54.4 Å². The molecule has 0 atom stereocenters. The molecule has 3 heterocycles. The molecule has 6 nitrogen and oxygen atoms in total. The lowest BCUT2D eigenvalue weighted by Crippen LogP contribution is -2.33. The number of pyridine rings is 1. The Morgan fingerprint density at radius 1 is 1.11 bits per heavy atom. The molecule has 0 bridgehead atoms. The van der Waals surface area contributed by atoms with E-state index in [1.807, 2.05) is 24.4 Å². The quantitative estimate of drug-likeness (QED) is 0.681. The molecule has 0 aliphatic carbocycles. The summed E-state index contributed by atoms with van der Waals surface area (Å²) in [5.41, 5.74) is 4.60. The highest BCUT2D eigenvalue weighted by molar-refractivity contribution is 5.54. The molecule has 0 spiro atoms. The number of rotatable bonds is 5. The summed E-state index contributed by atoms with van der Waals surface area (Å²) in [5.74, 6) is 2.86. The van der Waals surface area contributed by atoms with E-state index < -0.39 is 0 Å². The van der Waals surface area contributed by atoms with Crippen molar-refractivity contribution in [1.29, 1.82) is 0 Å². The zero-order chi connectivity index (χ0) is 19.5. The lowest BCUT2D eigenvalue weighted by molar-refractivity contribution is 0.409. The molecule has 4 rings (SSSR count). The second-order valence-corrected chi connectivity index (χ2v) is 7.16. The summed E-state index contributed by atoms with van der Waals surface area (Å²) in [6, 6.07) is 12.3. The van der Waals surface area contributed by atoms with Crippen molar-refractivity contribution in [2.24, 2.45) is 0 Å². The van der Waals surface area contributed by atoms with Crippen molar-refractivity contribution >= 4 is 11.6 Å². The molecule has 3 aromatic rings. The molecular weight excluding hydrogens is 350 g/mol. The van der Waals surface area contributed by atoms with Crippen LogP contribution in [0.5, 0.6) is 5.75 Å². The van der Waals surface area contributed by atoms with Crippen molar-refractivity contribution in [2.75, 3.05) is 30.5 Å². The number of anilines is 2. The van der Waals surface area contributed by atoms with Crippen LogP contribution >= 0.6 is 0 Å². The largest absolute Gasteiger partial charge is 0.496 e. The highest BCUT2D eigenvalue weighted by Gasteiger charge is 2.23. The number of benzene rings is 1. The van der Waals surface area contributed by atoms with Crippen LogP contribution in [-0.4, -0.2) is 35.7 Å². The molecule has 1 aliphatic heterocycles. The van der Waals surface area contributed by atoms with Gasteiger partial charge in [0.15, 0.2) is 0 Å². The number of aromatic nitrogens is 3. The van der Waals surface area contributed by atoms with Gasteiger partial charge in [0.05, 0.1) is 12.8 Å². The van der Waals surface area contributed by atoms with Crippen molar-refractivity contribution < 1.29 is 4.74 Å². The molecule has 0 N–H and O–H groups in total. The summed E-state index contributed by atoms with van der Waals surface area (Å²) in [4.78, 5) is 18.2. The summed E-state index contributed by atoms with van der Waals surface area (Å²) in [6.07, 6.45) is 4.48. The molecule has 0 saturated carbocycles. The van der Waals surface area contributed by atoms with Gasteiger partial charge in [-0.2, -0.15) is 0 Å². The number of para-hydroxylation sites is 1. The van der Waals surface area contributed by atoms with E-state index in [1.165, 1.54) is 11.1 Å². The molecule has 0 saturated heterocycles. The predicted octanol–water partition coefficient (Wildman–Crippen LogP) is 3.39. The van der Waals surface area contributed by atoms with Crippen molar-refractivity contribution in [1.82, 2.24) is 15.0 Å². The van der Waals surface area contributed by atoms with Gasteiger partial charge in [0, 0.05) is 50.4 Å². The van der Waals surface area contributed by atoms with Gasteiger partial charge in [-0.05, 0) is 24.6 Å². The molecule has 28 heavy (non-hydrogen) atoms. The standard InChI is InChI=1S/C22H25N5O/c1-16-8-9-21(23-12-16)27-11-10-19-18(14-27)22(25-15-24-19)26(2)13-17-6-4-5-7-20(17)28-3/h4-9,12,15H,10-11,13-14H2,1-3H3. The Hall–Kier alpha value is -3.15. The Balaban J connectivity index is 1.60.